The molecule has 0 bridgehead atoms. The average Bonchev–Trinajstić information content (AvgIpc) is 3.48. The van der Waals surface area contributed by atoms with E-state index < -0.39 is 26.4 Å². The van der Waals surface area contributed by atoms with Gasteiger partial charge < -0.3 is 23.3 Å². The number of benzene rings is 3. The average molecular weight is 640 g/mol. The minimum atomic E-state index is -1.87. The molecule has 4 aromatic rings. The van der Waals surface area contributed by atoms with Crippen molar-refractivity contribution in [3.05, 3.63) is 60.7 Å². The topological polar surface area (TPSA) is 41.9 Å². The third-order valence-electron chi connectivity index (χ3n) is 10.8. The van der Waals surface area contributed by atoms with E-state index in [2.05, 4.69) is 113 Å². The van der Waals surface area contributed by atoms with Crippen LogP contribution in [0, 0.1) is 0 Å². The van der Waals surface area contributed by atoms with Gasteiger partial charge in [0.05, 0.1) is 42.6 Å². The second-order valence-electron chi connectivity index (χ2n) is 15.2. The molecule has 1 atom stereocenters. The second-order valence-corrected chi connectivity index (χ2v) is 20.0. The molecule has 2 aliphatic heterocycles. The highest BCUT2D eigenvalue weighted by molar-refractivity contribution is 6.90. The van der Waals surface area contributed by atoms with E-state index in [0.717, 1.165) is 42.8 Å². The Morgan fingerprint density at radius 2 is 1.43 bits per heavy atom. The van der Waals surface area contributed by atoms with Gasteiger partial charge in [-0.3, -0.25) is 0 Å². The van der Waals surface area contributed by atoms with Crippen LogP contribution in [0.2, 0.25) is 19.1 Å². The zero-order chi connectivity index (χ0) is 32.5. The van der Waals surface area contributed by atoms with Crippen molar-refractivity contribution in [1.29, 1.82) is 0 Å². The van der Waals surface area contributed by atoms with Crippen molar-refractivity contribution in [1.82, 2.24) is 4.57 Å². The molecule has 3 aromatic carbocycles. The van der Waals surface area contributed by atoms with Crippen molar-refractivity contribution in [2.75, 3.05) is 6.61 Å². The molecule has 2 saturated heterocycles. The first kappa shape index (κ1) is 33.3. The minimum absolute atomic E-state index is 0.305. The monoisotopic (exact) mass is 639 g/mol. The van der Waals surface area contributed by atoms with E-state index >= 15 is 0 Å². The van der Waals surface area contributed by atoms with Gasteiger partial charge in [0.2, 0.25) is 0 Å². The number of hydrogen-bond donors (Lipinski definition) is 0. The molecular weight excluding hydrogens is 585 g/mol. The van der Waals surface area contributed by atoms with Crippen molar-refractivity contribution >= 4 is 47.6 Å². The number of para-hydroxylation sites is 2. The standard InChI is InChI=1S/C39H54BNO4Si/c1-8-9-10-11-12-19-26-46(6,7)29-27-32(40-44-38(2,3)39(4,5)45-40)37(43-36-24-17-18-25-42-36)35(28-29)41-33-22-15-13-20-30(33)31-21-14-16-23-34(31)41/h13-16,20-23,27-28,36H,8-12,17-19,24-26H2,1-7H3. The summed E-state index contributed by atoms with van der Waals surface area (Å²) in [6.45, 7) is 16.6. The number of nitrogens with zero attached hydrogens (tertiary/aromatic N) is 1. The highest BCUT2D eigenvalue weighted by Crippen LogP contribution is 2.40. The van der Waals surface area contributed by atoms with E-state index in [1.54, 1.807) is 0 Å². The first-order valence-electron chi connectivity index (χ1n) is 17.8. The summed E-state index contributed by atoms with van der Waals surface area (Å²) < 4.78 is 29.2. The van der Waals surface area contributed by atoms with Gasteiger partial charge in [-0.2, -0.15) is 0 Å². The summed E-state index contributed by atoms with van der Waals surface area (Å²) in [5, 5.41) is 3.90. The Kier molecular flexibility index (Phi) is 9.78. The molecule has 5 nitrogen and oxygen atoms in total. The summed E-state index contributed by atoms with van der Waals surface area (Å²) >= 11 is 0. The van der Waals surface area contributed by atoms with Gasteiger partial charge in [-0.1, -0.05) is 112 Å². The first-order valence-corrected chi connectivity index (χ1v) is 21.0. The van der Waals surface area contributed by atoms with E-state index in [0.29, 0.717) is 0 Å². The Morgan fingerprint density at radius 3 is 2.04 bits per heavy atom. The molecule has 2 aliphatic rings. The molecule has 3 heterocycles. The Bertz CT molecular complexity index is 1590. The van der Waals surface area contributed by atoms with E-state index in [-0.39, 0.29) is 6.29 Å². The van der Waals surface area contributed by atoms with Gasteiger partial charge in [0.25, 0.3) is 0 Å². The Morgan fingerprint density at radius 1 is 0.826 bits per heavy atom. The number of rotatable bonds is 12. The van der Waals surface area contributed by atoms with Gasteiger partial charge >= 0.3 is 7.12 Å². The third kappa shape index (κ3) is 6.58. The van der Waals surface area contributed by atoms with Crippen LogP contribution in [0.3, 0.4) is 0 Å². The Labute approximate surface area is 278 Å². The summed E-state index contributed by atoms with van der Waals surface area (Å²) in [5.74, 6) is 0.810. The lowest BCUT2D eigenvalue weighted by Gasteiger charge is -2.32. The highest BCUT2D eigenvalue weighted by atomic mass is 28.3. The second kappa shape index (κ2) is 13.5. The molecule has 0 N–H and O–H groups in total. The van der Waals surface area contributed by atoms with E-state index in [1.165, 1.54) is 71.6 Å². The molecule has 0 aliphatic carbocycles. The van der Waals surface area contributed by atoms with Gasteiger partial charge in [0.15, 0.2) is 6.29 Å². The van der Waals surface area contributed by atoms with Crippen LogP contribution < -0.4 is 15.4 Å². The summed E-state index contributed by atoms with van der Waals surface area (Å²) in [6.07, 6.45) is 10.6. The fourth-order valence-corrected chi connectivity index (χ4v) is 9.57. The van der Waals surface area contributed by atoms with Crippen LogP contribution in [0.1, 0.15) is 92.4 Å². The fourth-order valence-electron chi connectivity index (χ4n) is 7.08. The summed E-state index contributed by atoms with van der Waals surface area (Å²) in [6, 6.07) is 23.5. The molecule has 0 radical (unpaired) electrons. The molecule has 0 amide bonds. The smallest absolute Gasteiger partial charge is 0.463 e. The zero-order valence-corrected chi connectivity index (χ0v) is 30.3. The van der Waals surface area contributed by atoms with Gasteiger partial charge in [-0.05, 0) is 58.7 Å². The summed E-state index contributed by atoms with van der Waals surface area (Å²) in [5.41, 5.74) is 3.44. The highest BCUT2D eigenvalue weighted by Gasteiger charge is 2.53. The maximum Gasteiger partial charge on any atom is 0.498 e. The van der Waals surface area contributed by atoms with Crippen molar-refractivity contribution in [2.45, 2.75) is 129 Å². The van der Waals surface area contributed by atoms with Gasteiger partial charge in [0.1, 0.15) is 5.75 Å². The Balaban J connectivity index is 1.55. The van der Waals surface area contributed by atoms with E-state index in [9.17, 15) is 0 Å². The van der Waals surface area contributed by atoms with Crippen LogP contribution >= 0.6 is 0 Å². The predicted octanol–water partition coefficient (Wildman–Crippen LogP) is 9.26. The lowest BCUT2D eigenvalue weighted by Crippen LogP contribution is -2.46. The van der Waals surface area contributed by atoms with Crippen LogP contribution in [-0.2, 0) is 14.0 Å². The van der Waals surface area contributed by atoms with Crippen molar-refractivity contribution < 1.29 is 18.8 Å². The number of hydrogen-bond acceptors (Lipinski definition) is 4. The minimum Gasteiger partial charge on any atom is -0.463 e. The van der Waals surface area contributed by atoms with Crippen molar-refractivity contribution in [2.24, 2.45) is 0 Å². The van der Waals surface area contributed by atoms with E-state index in [4.69, 9.17) is 18.8 Å². The summed E-state index contributed by atoms with van der Waals surface area (Å²) in [4.78, 5) is 0. The SMILES string of the molecule is CCCCCCCC[Si](C)(C)c1cc(B2OC(C)(C)C(C)(C)O2)c(OC2CCCCO2)c(-n2c3ccccc3c3ccccc32)c1. The van der Waals surface area contributed by atoms with Crippen LogP contribution in [-0.4, -0.2) is 43.9 Å². The predicted molar refractivity (Wildman–Crippen MR) is 196 cm³/mol. The molecule has 0 saturated carbocycles. The number of fused-ring (bicyclic) bond motifs is 3. The van der Waals surface area contributed by atoms with Crippen LogP contribution in [0.5, 0.6) is 5.75 Å². The lowest BCUT2D eigenvalue weighted by molar-refractivity contribution is -0.105. The molecule has 0 spiro atoms. The first-order chi connectivity index (χ1) is 22.0. The number of unbranched alkanes of at least 4 members (excludes halogenated alkanes) is 5. The normalized spacial score (nSPS) is 19.7. The zero-order valence-electron chi connectivity index (χ0n) is 29.3. The number of ether oxygens (including phenoxy) is 2. The van der Waals surface area contributed by atoms with E-state index in [1.807, 2.05) is 0 Å². The van der Waals surface area contributed by atoms with Gasteiger partial charge in [-0.25, -0.2) is 0 Å². The molecule has 1 unspecified atom stereocenters. The summed E-state index contributed by atoms with van der Waals surface area (Å²) in [7, 11) is -2.41. The van der Waals surface area contributed by atoms with Crippen LogP contribution in [0.4, 0.5) is 0 Å². The Hall–Kier alpha value is -2.58. The molecule has 6 rings (SSSR count). The van der Waals surface area contributed by atoms with Crippen molar-refractivity contribution in [3.8, 4) is 11.4 Å². The largest absolute Gasteiger partial charge is 0.498 e. The van der Waals surface area contributed by atoms with Gasteiger partial charge in [-0.15, -0.1) is 0 Å². The lowest BCUT2D eigenvalue weighted by atomic mass is 9.78. The molecular formula is C39H54BNO4Si. The number of aromatic nitrogens is 1. The van der Waals surface area contributed by atoms with Crippen LogP contribution in [0.25, 0.3) is 27.5 Å². The van der Waals surface area contributed by atoms with Gasteiger partial charge in [0, 0.05) is 22.7 Å². The third-order valence-corrected chi connectivity index (χ3v) is 14.2. The molecule has 7 heteroatoms. The molecule has 46 heavy (non-hydrogen) atoms. The van der Waals surface area contributed by atoms with Crippen LogP contribution in [0.15, 0.2) is 60.7 Å². The molecule has 246 valence electrons. The van der Waals surface area contributed by atoms with Crippen molar-refractivity contribution in [3.63, 3.8) is 0 Å². The maximum atomic E-state index is 7.00. The quantitative estimate of drug-likeness (QED) is 0.115. The maximum absolute atomic E-state index is 7.00. The molecule has 1 aromatic heterocycles. The fraction of sp³-hybridized carbons (Fsp3) is 0.538. The molecule has 2 fully saturated rings.